The Balaban J connectivity index is 1.99. The molecular formula is C9H12N2OS. The summed E-state index contributed by atoms with van der Waals surface area (Å²) in [6.45, 7) is 1.43. The Morgan fingerprint density at radius 3 is 3.08 bits per heavy atom. The number of hydrogen-bond acceptors (Lipinski definition) is 3. The van der Waals surface area contributed by atoms with Crippen LogP contribution in [0.2, 0.25) is 0 Å². The lowest BCUT2D eigenvalue weighted by Crippen LogP contribution is -2.27. The summed E-state index contributed by atoms with van der Waals surface area (Å²) in [7, 11) is 0. The maximum Gasteiger partial charge on any atom is 0.224 e. The number of rotatable bonds is 2. The van der Waals surface area contributed by atoms with Gasteiger partial charge in [-0.2, -0.15) is 0 Å². The monoisotopic (exact) mass is 196 g/mol. The molecule has 0 aromatic carbocycles. The van der Waals surface area contributed by atoms with Crippen molar-refractivity contribution in [3.05, 3.63) is 22.4 Å². The number of amides is 1. The molecule has 1 aromatic rings. The van der Waals surface area contributed by atoms with Crippen molar-refractivity contribution in [3.8, 4) is 0 Å². The minimum Gasteiger partial charge on any atom is -0.336 e. The molecule has 2 N–H and O–H groups in total. The van der Waals surface area contributed by atoms with Crippen LogP contribution in [0.15, 0.2) is 17.5 Å². The van der Waals surface area contributed by atoms with Gasteiger partial charge < -0.3 is 10.6 Å². The maximum absolute atomic E-state index is 11.4. The van der Waals surface area contributed by atoms with Crippen LogP contribution in [0.4, 0.5) is 0 Å². The van der Waals surface area contributed by atoms with E-state index in [0.29, 0.717) is 13.0 Å². The predicted octanol–water partition coefficient (Wildman–Crippen LogP) is 0.808. The van der Waals surface area contributed by atoms with Gasteiger partial charge in [0.2, 0.25) is 5.91 Å². The molecule has 1 aliphatic rings. The second-order valence-corrected chi connectivity index (χ2v) is 4.35. The van der Waals surface area contributed by atoms with Crippen molar-refractivity contribution in [2.45, 2.75) is 19.0 Å². The molecule has 0 saturated carbocycles. The Morgan fingerprint density at radius 1 is 1.69 bits per heavy atom. The number of likely N-dealkylation sites (tertiary alicyclic amines) is 1. The number of carbonyl (C=O) groups is 1. The van der Waals surface area contributed by atoms with Crippen LogP contribution in [-0.4, -0.2) is 23.4 Å². The fraction of sp³-hybridized carbons (Fsp3) is 0.444. The van der Waals surface area contributed by atoms with Crippen molar-refractivity contribution in [2.24, 2.45) is 5.73 Å². The normalized spacial score (nSPS) is 22.7. The average Bonchev–Trinajstić information content (AvgIpc) is 2.63. The molecule has 1 amide bonds. The van der Waals surface area contributed by atoms with E-state index >= 15 is 0 Å². The van der Waals surface area contributed by atoms with Crippen molar-refractivity contribution < 1.29 is 4.79 Å². The van der Waals surface area contributed by atoms with Crippen molar-refractivity contribution in [3.63, 3.8) is 0 Å². The number of thiophene rings is 1. The maximum atomic E-state index is 11.4. The lowest BCUT2D eigenvalue weighted by Gasteiger charge is -2.14. The molecule has 1 atom stereocenters. The summed E-state index contributed by atoms with van der Waals surface area (Å²) in [4.78, 5) is 14.4. The largest absolute Gasteiger partial charge is 0.336 e. The Labute approximate surface area is 81.2 Å². The molecule has 1 fully saturated rings. The van der Waals surface area contributed by atoms with Crippen molar-refractivity contribution in [1.29, 1.82) is 0 Å². The first-order valence-electron chi connectivity index (χ1n) is 4.31. The highest BCUT2D eigenvalue weighted by Gasteiger charge is 2.26. The summed E-state index contributed by atoms with van der Waals surface area (Å²) >= 11 is 1.68. The van der Waals surface area contributed by atoms with E-state index in [-0.39, 0.29) is 11.9 Å². The zero-order valence-electron chi connectivity index (χ0n) is 7.27. The molecule has 3 nitrogen and oxygen atoms in total. The third-order valence-electron chi connectivity index (χ3n) is 2.17. The topological polar surface area (TPSA) is 46.3 Å². The van der Waals surface area contributed by atoms with E-state index in [1.165, 1.54) is 4.88 Å². The molecule has 0 bridgehead atoms. The van der Waals surface area contributed by atoms with Gasteiger partial charge in [0.25, 0.3) is 0 Å². The number of nitrogens with two attached hydrogens (primary N) is 1. The standard InChI is InChI=1S/C9H12N2OS/c10-7-4-9(12)11(5-7)6-8-2-1-3-13-8/h1-3,7H,4-6,10H2. The molecule has 1 unspecified atom stereocenters. The first kappa shape index (κ1) is 8.72. The summed E-state index contributed by atoms with van der Waals surface area (Å²) in [5.41, 5.74) is 5.69. The van der Waals surface area contributed by atoms with E-state index < -0.39 is 0 Å². The van der Waals surface area contributed by atoms with Gasteiger partial charge in [-0.3, -0.25) is 4.79 Å². The molecule has 0 spiro atoms. The van der Waals surface area contributed by atoms with Crippen LogP contribution >= 0.6 is 11.3 Å². The lowest BCUT2D eigenvalue weighted by molar-refractivity contribution is -0.128. The zero-order chi connectivity index (χ0) is 9.26. The van der Waals surface area contributed by atoms with Gasteiger partial charge in [-0.15, -0.1) is 11.3 Å². The molecule has 2 rings (SSSR count). The van der Waals surface area contributed by atoms with Crippen LogP contribution < -0.4 is 5.73 Å². The number of nitrogens with zero attached hydrogens (tertiary/aromatic N) is 1. The second kappa shape index (κ2) is 3.47. The highest BCUT2D eigenvalue weighted by Crippen LogP contribution is 2.16. The zero-order valence-corrected chi connectivity index (χ0v) is 8.09. The van der Waals surface area contributed by atoms with Gasteiger partial charge in [-0.05, 0) is 11.4 Å². The summed E-state index contributed by atoms with van der Waals surface area (Å²) in [5, 5.41) is 2.02. The highest BCUT2D eigenvalue weighted by atomic mass is 32.1. The van der Waals surface area contributed by atoms with Crippen LogP contribution in [0, 0.1) is 0 Å². The van der Waals surface area contributed by atoms with E-state index in [9.17, 15) is 4.79 Å². The van der Waals surface area contributed by atoms with Gasteiger partial charge >= 0.3 is 0 Å². The second-order valence-electron chi connectivity index (χ2n) is 3.32. The number of hydrogen-bond donors (Lipinski definition) is 1. The van der Waals surface area contributed by atoms with Gasteiger partial charge in [0, 0.05) is 23.9 Å². The summed E-state index contributed by atoms with van der Waals surface area (Å²) < 4.78 is 0. The van der Waals surface area contributed by atoms with E-state index in [2.05, 4.69) is 0 Å². The molecule has 0 aliphatic carbocycles. The molecule has 1 saturated heterocycles. The van der Waals surface area contributed by atoms with Crippen molar-refractivity contribution >= 4 is 17.2 Å². The smallest absolute Gasteiger partial charge is 0.224 e. The SMILES string of the molecule is NC1CC(=O)N(Cc2cccs2)C1. The third-order valence-corrected chi connectivity index (χ3v) is 3.03. The van der Waals surface area contributed by atoms with Crippen molar-refractivity contribution in [2.75, 3.05) is 6.54 Å². The van der Waals surface area contributed by atoms with Crippen LogP contribution in [0.5, 0.6) is 0 Å². The molecule has 70 valence electrons. The Kier molecular flexibility index (Phi) is 2.33. The predicted molar refractivity (Wildman–Crippen MR) is 52.3 cm³/mol. The summed E-state index contributed by atoms with van der Waals surface area (Å²) in [5.74, 6) is 0.181. The molecule has 0 radical (unpaired) electrons. The molecule has 1 aromatic heterocycles. The first-order valence-corrected chi connectivity index (χ1v) is 5.19. The highest BCUT2D eigenvalue weighted by molar-refractivity contribution is 7.09. The fourth-order valence-corrected chi connectivity index (χ4v) is 2.27. The quantitative estimate of drug-likeness (QED) is 0.760. The third kappa shape index (κ3) is 1.89. The van der Waals surface area contributed by atoms with Gasteiger partial charge in [0.05, 0.1) is 6.54 Å². The molecular weight excluding hydrogens is 184 g/mol. The molecule has 4 heteroatoms. The Morgan fingerprint density at radius 2 is 2.54 bits per heavy atom. The lowest BCUT2D eigenvalue weighted by atomic mass is 10.3. The first-order chi connectivity index (χ1) is 6.25. The van der Waals surface area contributed by atoms with E-state index in [0.717, 1.165) is 6.54 Å². The minimum absolute atomic E-state index is 0.0347. The Bertz CT molecular complexity index is 297. The van der Waals surface area contributed by atoms with Crippen LogP contribution in [0.1, 0.15) is 11.3 Å². The molecule has 1 aliphatic heterocycles. The van der Waals surface area contributed by atoms with Crippen LogP contribution in [-0.2, 0) is 11.3 Å². The van der Waals surface area contributed by atoms with Gasteiger partial charge in [-0.25, -0.2) is 0 Å². The minimum atomic E-state index is 0.0347. The van der Waals surface area contributed by atoms with Gasteiger partial charge in [0.15, 0.2) is 0 Å². The van der Waals surface area contributed by atoms with E-state index in [1.807, 2.05) is 22.4 Å². The average molecular weight is 196 g/mol. The molecule has 13 heavy (non-hydrogen) atoms. The van der Waals surface area contributed by atoms with Gasteiger partial charge in [-0.1, -0.05) is 6.07 Å². The Hall–Kier alpha value is -0.870. The van der Waals surface area contributed by atoms with E-state index in [1.54, 1.807) is 11.3 Å². The molecule has 2 heterocycles. The summed E-state index contributed by atoms with van der Waals surface area (Å²) in [6, 6.07) is 4.08. The van der Waals surface area contributed by atoms with Crippen LogP contribution in [0.3, 0.4) is 0 Å². The van der Waals surface area contributed by atoms with Crippen molar-refractivity contribution in [1.82, 2.24) is 4.90 Å². The van der Waals surface area contributed by atoms with Gasteiger partial charge in [0.1, 0.15) is 0 Å². The number of carbonyl (C=O) groups excluding carboxylic acids is 1. The summed E-state index contributed by atoms with van der Waals surface area (Å²) in [6.07, 6.45) is 0.505. The van der Waals surface area contributed by atoms with E-state index in [4.69, 9.17) is 5.73 Å². The fourth-order valence-electron chi connectivity index (χ4n) is 1.55. The van der Waals surface area contributed by atoms with Crippen LogP contribution in [0.25, 0.3) is 0 Å².